The molecule has 0 aliphatic heterocycles. The topological polar surface area (TPSA) is 237 Å². The summed E-state index contributed by atoms with van der Waals surface area (Å²) in [5.74, 6) is -1.41. The largest absolute Gasteiger partial charge is 0.472 e. The SMILES string of the molecule is CCCCCCCCCCCCCCCC(=O)OC[C@H](COP(=O)(O)OC[C@@H](O)COP(=O)(O)OC[C@@H](COC(=O)CCCCCCCCCC)OC(=O)CCCCCCCCCCC(C)C)OC(=O)CCCCCCCCCCCCCCC. The van der Waals surface area contributed by atoms with Crippen LogP contribution in [0.1, 0.15) is 336 Å². The molecule has 0 spiro atoms. The van der Waals surface area contributed by atoms with Gasteiger partial charge in [0.05, 0.1) is 26.4 Å². The van der Waals surface area contributed by atoms with Crippen LogP contribution in [0.2, 0.25) is 0 Å². The molecule has 19 heteroatoms. The summed E-state index contributed by atoms with van der Waals surface area (Å²) in [4.78, 5) is 72.3. The summed E-state index contributed by atoms with van der Waals surface area (Å²) >= 11 is 0. The Balaban J connectivity index is 5.23. The summed E-state index contributed by atoms with van der Waals surface area (Å²) in [6, 6.07) is 0. The minimum absolute atomic E-state index is 0.105. The lowest BCUT2D eigenvalue weighted by Gasteiger charge is -2.21. The Hall–Kier alpha value is -1.94. The van der Waals surface area contributed by atoms with E-state index >= 15 is 0 Å². The minimum atomic E-state index is -4.95. The van der Waals surface area contributed by atoms with Gasteiger partial charge in [0.15, 0.2) is 12.2 Å². The van der Waals surface area contributed by atoms with E-state index in [4.69, 9.17) is 37.0 Å². The van der Waals surface area contributed by atoms with E-state index in [1.165, 1.54) is 154 Å². The molecule has 0 aromatic heterocycles. The summed E-state index contributed by atoms with van der Waals surface area (Å²) in [5.41, 5.74) is 0. The number of esters is 4. The predicted octanol–water partition coefficient (Wildman–Crippen LogP) is 18.6. The zero-order valence-electron chi connectivity index (χ0n) is 54.7. The number of carbonyl (C=O) groups excluding carboxylic acids is 4. The molecule has 5 atom stereocenters. The molecule has 0 radical (unpaired) electrons. The van der Waals surface area contributed by atoms with Gasteiger partial charge in [-0.3, -0.25) is 37.3 Å². The van der Waals surface area contributed by atoms with Gasteiger partial charge in [0.25, 0.3) is 0 Å². The van der Waals surface area contributed by atoms with Gasteiger partial charge in [-0.25, -0.2) is 9.13 Å². The fourth-order valence-electron chi connectivity index (χ4n) is 9.94. The smallest absolute Gasteiger partial charge is 0.462 e. The second-order valence-electron chi connectivity index (χ2n) is 24.3. The van der Waals surface area contributed by atoms with Gasteiger partial charge in [0, 0.05) is 25.7 Å². The van der Waals surface area contributed by atoms with Crippen LogP contribution in [0.25, 0.3) is 0 Å². The summed E-state index contributed by atoms with van der Waals surface area (Å²) < 4.78 is 68.1. The number of aliphatic hydroxyl groups is 1. The normalized spacial score (nSPS) is 14.2. The van der Waals surface area contributed by atoms with E-state index in [2.05, 4.69) is 34.6 Å². The van der Waals surface area contributed by atoms with Crippen LogP contribution in [0.15, 0.2) is 0 Å². The molecule has 0 saturated carbocycles. The van der Waals surface area contributed by atoms with Crippen molar-refractivity contribution in [2.75, 3.05) is 39.6 Å². The summed E-state index contributed by atoms with van der Waals surface area (Å²) in [5, 5.41) is 10.5. The Morgan fingerprint density at radius 1 is 0.318 bits per heavy atom. The number of ether oxygens (including phenoxy) is 4. The quantitative estimate of drug-likeness (QED) is 0.0222. The van der Waals surface area contributed by atoms with Crippen molar-refractivity contribution in [2.24, 2.45) is 5.92 Å². The Morgan fingerprint density at radius 3 is 0.800 bits per heavy atom. The number of unbranched alkanes of at least 4 members (excludes halogenated alkanes) is 38. The number of phosphoric ester groups is 2. The van der Waals surface area contributed by atoms with Crippen LogP contribution >= 0.6 is 15.6 Å². The fourth-order valence-corrected chi connectivity index (χ4v) is 11.5. The number of hydrogen-bond donors (Lipinski definition) is 3. The highest BCUT2D eigenvalue weighted by molar-refractivity contribution is 7.47. The molecule has 85 heavy (non-hydrogen) atoms. The first-order chi connectivity index (χ1) is 41.0. The van der Waals surface area contributed by atoms with E-state index in [9.17, 15) is 43.2 Å². The lowest BCUT2D eigenvalue weighted by Crippen LogP contribution is -2.30. The minimum Gasteiger partial charge on any atom is -0.462 e. The van der Waals surface area contributed by atoms with Crippen LogP contribution < -0.4 is 0 Å². The maximum Gasteiger partial charge on any atom is 0.472 e. The Labute approximate surface area is 517 Å². The summed E-state index contributed by atoms with van der Waals surface area (Å²) in [6.45, 7) is 7.15. The van der Waals surface area contributed by atoms with Gasteiger partial charge in [-0.2, -0.15) is 0 Å². The second-order valence-corrected chi connectivity index (χ2v) is 27.2. The number of carbonyl (C=O) groups is 4. The standard InChI is InChI=1S/C66H128O17P2/c1-6-9-12-15-18-21-23-25-27-29-35-40-45-50-64(69)77-56-62(82-65(70)51-46-41-36-30-28-26-24-22-19-16-13-10-7-2)58-81-85(74,75)79-54-60(67)53-78-84(72,73)80-57-61(55-76-63(68)49-44-39-34-20-17-14-11-8-3)83-66(71)52-47-42-37-32-31-33-38-43-48-59(4)5/h59-62,67H,6-58H2,1-5H3,(H,72,73)(H,74,75)/t60-,61+,62+/m0/s1. The van der Waals surface area contributed by atoms with Crippen molar-refractivity contribution in [2.45, 2.75) is 355 Å². The first kappa shape index (κ1) is 83.1. The molecule has 0 saturated heterocycles. The lowest BCUT2D eigenvalue weighted by molar-refractivity contribution is -0.161. The highest BCUT2D eigenvalue weighted by Crippen LogP contribution is 2.45. The van der Waals surface area contributed by atoms with Crippen LogP contribution in [0.5, 0.6) is 0 Å². The lowest BCUT2D eigenvalue weighted by atomic mass is 10.0. The van der Waals surface area contributed by atoms with Gasteiger partial charge in [0.1, 0.15) is 19.3 Å². The highest BCUT2D eigenvalue weighted by Gasteiger charge is 2.30. The fraction of sp³-hybridized carbons (Fsp3) is 0.939. The number of phosphoric acid groups is 2. The molecule has 504 valence electrons. The van der Waals surface area contributed by atoms with Gasteiger partial charge in [-0.05, 0) is 31.6 Å². The van der Waals surface area contributed by atoms with Crippen LogP contribution in [0.3, 0.4) is 0 Å². The van der Waals surface area contributed by atoms with Crippen molar-refractivity contribution < 1.29 is 80.2 Å². The van der Waals surface area contributed by atoms with E-state index in [-0.39, 0.29) is 25.7 Å². The maximum atomic E-state index is 13.0. The van der Waals surface area contributed by atoms with E-state index < -0.39 is 97.5 Å². The first-order valence-electron chi connectivity index (χ1n) is 34.6. The first-order valence-corrected chi connectivity index (χ1v) is 37.6. The molecule has 2 unspecified atom stereocenters. The monoisotopic (exact) mass is 1250 g/mol. The van der Waals surface area contributed by atoms with Gasteiger partial charge in [-0.1, -0.05) is 285 Å². The summed E-state index contributed by atoms with van der Waals surface area (Å²) in [6.07, 6.45) is 44.4. The van der Waals surface area contributed by atoms with Gasteiger partial charge in [-0.15, -0.1) is 0 Å². The van der Waals surface area contributed by atoms with Crippen molar-refractivity contribution in [3.05, 3.63) is 0 Å². The van der Waals surface area contributed by atoms with Gasteiger partial charge >= 0.3 is 39.5 Å². The Morgan fingerprint density at radius 2 is 0.541 bits per heavy atom. The molecule has 0 heterocycles. The van der Waals surface area contributed by atoms with Crippen LogP contribution in [-0.2, 0) is 65.4 Å². The van der Waals surface area contributed by atoms with E-state index in [0.717, 1.165) is 102 Å². The van der Waals surface area contributed by atoms with Crippen molar-refractivity contribution >= 4 is 39.5 Å². The molecule has 0 amide bonds. The van der Waals surface area contributed by atoms with Crippen molar-refractivity contribution in [1.29, 1.82) is 0 Å². The summed E-state index contributed by atoms with van der Waals surface area (Å²) in [7, 11) is -9.89. The molecule has 17 nitrogen and oxygen atoms in total. The van der Waals surface area contributed by atoms with E-state index in [1.807, 2.05) is 0 Å². The van der Waals surface area contributed by atoms with Crippen LogP contribution in [0, 0.1) is 5.92 Å². The van der Waals surface area contributed by atoms with Crippen LogP contribution in [-0.4, -0.2) is 96.7 Å². The molecular weight excluding hydrogens is 1130 g/mol. The predicted molar refractivity (Wildman–Crippen MR) is 340 cm³/mol. The molecule has 0 aliphatic carbocycles. The highest BCUT2D eigenvalue weighted by atomic mass is 31.2. The van der Waals surface area contributed by atoms with E-state index in [1.54, 1.807) is 0 Å². The van der Waals surface area contributed by atoms with E-state index in [0.29, 0.717) is 25.7 Å². The van der Waals surface area contributed by atoms with Crippen molar-refractivity contribution in [3.8, 4) is 0 Å². The van der Waals surface area contributed by atoms with Gasteiger partial charge < -0.3 is 33.8 Å². The second kappa shape index (κ2) is 59.7. The Kier molecular flexibility index (Phi) is 58.3. The number of rotatable bonds is 66. The van der Waals surface area contributed by atoms with Crippen LogP contribution in [0.4, 0.5) is 0 Å². The van der Waals surface area contributed by atoms with Gasteiger partial charge in [0.2, 0.25) is 0 Å². The average Bonchev–Trinajstić information content (AvgIpc) is 3.49. The molecule has 3 N–H and O–H groups in total. The zero-order valence-corrected chi connectivity index (χ0v) is 56.5. The molecule has 0 aromatic rings. The zero-order chi connectivity index (χ0) is 62.8. The molecule has 0 rings (SSSR count). The average molecular weight is 1260 g/mol. The third kappa shape index (κ3) is 60.7. The Bertz CT molecular complexity index is 1650. The third-order valence-electron chi connectivity index (χ3n) is 15.3. The number of hydrogen-bond acceptors (Lipinski definition) is 15. The molecule has 0 aliphatic rings. The molecule has 0 fully saturated rings. The maximum absolute atomic E-state index is 13.0. The molecular formula is C66H128O17P2. The van der Waals surface area contributed by atoms with Crippen molar-refractivity contribution in [3.63, 3.8) is 0 Å². The molecule has 0 bridgehead atoms. The van der Waals surface area contributed by atoms with Crippen molar-refractivity contribution in [1.82, 2.24) is 0 Å². The molecule has 0 aromatic carbocycles. The third-order valence-corrected chi connectivity index (χ3v) is 17.2. The number of aliphatic hydroxyl groups excluding tert-OH is 1.